The Balaban J connectivity index is 4.22. The highest BCUT2D eigenvalue weighted by molar-refractivity contribution is 6.21. The Bertz CT molecular complexity index is 247. The summed E-state index contributed by atoms with van der Waals surface area (Å²) in [6, 6.07) is 0. The van der Waals surface area contributed by atoms with Crippen LogP contribution in [0, 0.1) is 5.41 Å². The first-order valence-corrected chi connectivity index (χ1v) is 4.43. The standard InChI is InChI=1S/C9H13ClO4/c1-4-6(10)5-14-8(13)9(2,3)7(11)12/h4,6H,1,5H2,2-3H3,(H,11,12). The minimum absolute atomic E-state index is 0.0689. The molecule has 0 aromatic carbocycles. The number of hydrogen-bond acceptors (Lipinski definition) is 3. The van der Waals surface area contributed by atoms with E-state index in [2.05, 4.69) is 6.58 Å². The van der Waals surface area contributed by atoms with Crippen molar-refractivity contribution in [2.24, 2.45) is 5.41 Å². The van der Waals surface area contributed by atoms with Gasteiger partial charge in [0.05, 0.1) is 5.38 Å². The molecule has 1 atom stereocenters. The van der Waals surface area contributed by atoms with E-state index in [1.165, 1.54) is 19.9 Å². The van der Waals surface area contributed by atoms with E-state index in [0.29, 0.717) is 0 Å². The first-order chi connectivity index (χ1) is 6.32. The minimum Gasteiger partial charge on any atom is -0.480 e. The summed E-state index contributed by atoms with van der Waals surface area (Å²) in [5.74, 6) is -2.04. The summed E-state index contributed by atoms with van der Waals surface area (Å²) in [7, 11) is 0. The van der Waals surface area contributed by atoms with E-state index in [-0.39, 0.29) is 6.61 Å². The number of alkyl halides is 1. The quantitative estimate of drug-likeness (QED) is 0.330. The Hall–Kier alpha value is -1.03. The number of carbonyl (C=O) groups excluding carboxylic acids is 1. The first kappa shape index (κ1) is 13.0. The Kier molecular flexibility index (Phi) is 4.63. The second kappa shape index (κ2) is 5.00. The molecule has 0 spiro atoms. The molecule has 0 aromatic rings. The molecule has 0 aliphatic heterocycles. The van der Waals surface area contributed by atoms with Crippen molar-refractivity contribution in [3.8, 4) is 0 Å². The van der Waals surface area contributed by atoms with Gasteiger partial charge in [-0.25, -0.2) is 0 Å². The largest absolute Gasteiger partial charge is 0.480 e. The molecule has 0 heterocycles. The van der Waals surface area contributed by atoms with Crippen LogP contribution in [0.1, 0.15) is 13.8 Å². The average Bonchev–Trinajstić information content (AvgIpc) is 2.12. The van der Waals surface area contributed by atoms with Gasteiger partial charge in [0.2, 0.25) is 0 Å². The molecule has 0 fully saturated rings. The zero-order chi connectivity index (χ0) is 11.4. The lowest BCUT2D eigenvalue weighted by atomic mass is 9.94. The fourth-order valence-corrected chi connectivity index (χ4v) is 0.554. The number of esters is 1. The normalized spacial score (nSPS) is 13.1. The van der Waals surface area contributed by atoms with E-state index >= 15 is 0 Å². The van der Waals surface area contributed by atoms with Gasteiger partial charge in [-0.05, 0) is 13.8 Å². The molecule has 0 aliphatic rings. The van der Waals surface area contributed by atoms with E-state index in [4.69, 9.17) is 21.4 Å². The second-order valence-electron chi connectivity index (χ2n) is 3.28. The van der Waals surface area contributed by atoms with Crippen molar-refractivity contribution < 1.29 is 19.4 Å². The molecule has 0 aromatic heterocycles. The Labute approximate surface area is 87.5 Å². The molecule has 0 amide bonds. The lowest BCUT2D eigenvalue weighted by Gasteiger charge is -2.17. The van der Waals surface area contributed by atoms with Gasteiger partial charge in [-0.3, -0.25) is 9.59 Å². The van der Waals surface area contributed by atoms with Gasteiger partial charge in [0, 0.05) is 0 Å². The fraction of sp³-hybridized carbons (Fsp3) is 0.556. The summed E-state index contributed by atoms with van der Waals surface area (Å²) in [5, 5.41) is 8.18. The van der Waals surface area contributed by atoms with E-state index in [1.807, 2.05) is 0 Å². The lowest BCUT2D eigenvalue weighted by molar-refractivity contribution is -0.165. The molecule has 0 saturated heterocycles. The van der Waals surface area contributed by atoms with Crippen LogP contribution in [0.4, 0.5) is 0 Å². The molecular formula is C9H13ClO4. The molecule has 4 nitrogen and oxygen atoms in total. The van der Waals surface area contributed by atoms with Gasteiger partial charge in [0.1, 0.15) is 6.61 Å². The first-order valence-electron chi connectivity index (χ1n) is 3.99. The fourth-order valence-electron chi connectivity index (χ4n) is 0.491. The number of ether oxygens (including phenoxy) is 1. The molecule has 5 heteroatoms. The van der Waals surface area contributed by atoms with E-state index in [9.17, 15) is 9.59 Å². The third-order valence-corrected chi connectivity index (χ3v) is 1.98. The van der Waals surface area contributed by atoms with Gasteiger partial charge in [0.25, 0.3) is 0 Å². The highest BCUT2D eigenvalue weighted by atomic mass is 35.5. The van der Waals surface area contributed by atoms with Crippen LogP contribution in [0.25, 0.3) is 0 Å². The van der Waals surface area contributed by atoms with Gasteiger partial charge in [-0.1, -0.05) is 6.08 Å². The number of aliphatic carboxylic acids is 1. The third kappa shape index (κ3) is 3.38. The summed E-state index contributed by atoms with van der Waals surface area (Å²) in [6.07, 6.45) is 1.41. The van der Waals surface area contributed by atoms with Crippen molar-refractivity contribution in [1.82, 2.24) is 0 Å². The molecular weight excluding hydrogens is 208 g/mol. The number of rotatable bonds is 5. The summed E-state index contributed by atoms with van der Waals surface area (Å²) >= 11 is 5.60. The van der Waals surface area contributed by atoms with Crippen molar-refractivity contribution >= 4 is 23.5 Å². The molecule has 0 aliphatic carbocycles. The molecule has 0 bridgehead atoms. The third-order valence-electron chi connectivity index (χ3n) is 1.67. The van der Waals surface area contributed by atoms with E-state index in [1.54, 1.807) is 0 Å². The van der Waals surface area contributed by atoms with Crippen molar-refractivity contribution in [2.45, 2.75) is 19.2 Å². The van der Waals surface area contributed by atoms with Crippen LogP contribution < -0.4 is 0 Å². The molecule has 0 radical (unpaired) electrons. The number of halogens is 1. The number of carboxylic acid groups (broad SMARTS) is 1. The van der Waals surface area contributed by atoms with Crippen molar-refractivity contribution in [3.05, 3.63) is 12.7 Å². The summed E-state index contributed by atoms with van der Waals surface area (Å²) in [5.41, 5.74) is -1.54. The maximum Gasteiger partial charge on any atom is 0.322 e. The highest BCUT2D eigenvalue weighted by Crippen LogP contribution is 2.17. The Morgan fingerprint density at radius 1 is 1.64 bits per heavy atom. The zero-order valence-corrected chi connectivity index (χ0v) is 8.87. The van der Waals surface area contributed by atoms with E-state index in [0.717, 1.165) is 0 Å². The van der Waals surface area contributed by atoms with Gasteiger partial charge >= 0.3 is 11.9 Å². The Morgan fingerprint density at radius 3 is 2.50 bits per heavy atom. The second-order valence-corrected chi connectivity index (χ2v) is 3.84. The van der Waals surface area contributed by atoms with Crippen LogP contribution in [-0.2, 0) is 14.3 Å². The number of hydrogen-bond donors (Lipinski definition) is 1. The van der Waals surface area contributed by atoms with Gasteiger partial charge in [-0.2, -0.15) is 0 Å². The maximum absolute atomic E-state index is 11.2. The van der Waals surface area contributed by atoms with Crippen LogP contribution in [0.3, 0.4) is 0 Å². The van der Waals surface area contributed by atoms with Gasteiger partial charge in [-0.15, -0.1) is 18.2 Å². The van der Waals surface area contributed by atoms with Crippen LogP contribution in [0.2, 0.25) is 0 Å². The van der Waals surface area contributed by atoms with Crippen LogP contribution >= 0.6 is 11.6 Å². The number of carboxylic acids is 1. The predicted octanol–water partition coefficient (Wildman–Crippen LogP) is 1.43. The van der Waals surface area contributed by atoms with E-state index < -0.39 is 22.7 Å². The smallest absolute Gasteiger partial charge is 0.322 e. The molecule has 80 valence electrons. The topological polar surface area (TPSA) is 63.6 Å². The molecule has 0 rings (SSSR count). The summed E-state index contributed by atoms with van der Waals surface area (Å²) < 4.78 is 4.70. The highest BCUT2D eigenvalue weighted by Gasteiger charge is 2.37. The predicted molar refractivity (Wildman–Crippen MR) is 52.2 cm³/mol. The molecule has 14 heavy (non-hydrogen) atoms. The molecule has 1 N–H and O–H groups in total. The van der Waals surface area contributed by atoms with Crippen molar-refractivity contribution in [3.63, 3.8) is 0 Å². The zero-order valence-electron chi connectivity index (χ0n) is 8.12. The van der Waals surface area contributed by atoms with Gasteiger partial charge in [0.15, 0.2) is 5.41 Å². The van der Waals surface area contributed by atoms with Crippen LogP contribution in [0.5, 0.6) is 0 Å². The monoisotopic (exact) mass is 220 g/mol. The summed E-state index contributed by atoms with van der Waals surface area (Å²) in [6.45, 7) is 5.87. The maximum atomic E-state index is 11.2. The van der Waals surface area contributed by atoms with Crippen LogP contribution in [0.15, 0.2) is 12.7 Å². The Morgan fingerprint density at radius 2 is 2.14 bits per heavy atom. The van der Waals surface area contributed by atoms with Crippen molar-refractivity contribution in [1.29, 1.82) is 0 Å². The molecule has 1 unspecified atom stereocenters. The average molecular weight is 221 g/mol. The minimum atomic E-state index is -1.54. The van der Waals surface area contributed by atoms with Gasteiger partial charge < -0.3 is 9.84 Å². The molecule has 0 saturated carbocycles. The lowest BCUT2D eigenvalue weighted by Crippen LogP contribution is -2.35. The number of carbonyl (C=O) groups is 2. The summed E-state index contributed by atoms with van der Waals surface area (Å²) in [4.78, 5) is 21.9. The van der Waals surface area contributed by atoms with Crippen molar-refractivity contribution in [2.75, 3.05) is 6.61 Å². The van der Waals surface area contributed by atoms with Crippen LogP contribution in [-0.4, -0.2) is 29.0 Å². The SMILES string of the molecule is C=CC(Cl)COC(=O)C(C)(C)C(=O)O.